The second kappa shape index (κ2) is 12.3. The van der Waals surface area contributed by atoms with Gasteiger partial charge in [-0.1, -0.05) is 31.7 Å². The Balaban J connectivity index is 1.60. The first-order valence-electron chi connectivity index (χ1n) is 10.7. The summed E-state index contributed by atoms with van der Waals surface area (Å²) in [5.74, 6) is 1.75. The Kier molecular flexibility index (Phi) is 9.14. The Labute approximate surface area is 197 Å². The molecule has 11 heteroatoms. The monoisotopic (exact) mass is 474 g/mol. The molecule has 2 heterocycles. The quantitative estimate of drug-likeness (QED) is 0.219. The summed E-state index contributed by atoms with van der Waals surface area (Å²) in [7, 11) is 3.24. The number of nitrogens with one attached hydrogen (secondary N) is 2. The molecule has 0 atom stereocenters. The number of fused-ring (bicyclic) bond motifs is 1. The minimum atomic E-state index is -0.220. The van der Waals surface area contributed by atoms with Gasteiger partial charge >= 0.3 is 0 Å². The molecule has 1 amide bonds. The first-order chi connectivity index (χ1) is 16.0. The van der Waals surface area contributed by atoms with Crippen LogP contribution >= 0.6 is 11.8 Å². The molecule has 2 aromatic heterocycles. The number of ether oxygens (including phenoxy) is 3. The van der Waals surface area contributed by atoms with E-state index >= 15 is 0 Å². The lowest BCUT2D eigenvalue weighted by molar-refractivity contribution is -0.123. The molecule has 0 fully saturated rings. The van der Waals surface area contributed by atoms with Crippen LogP contribution < -0.4 is 20.1 Å². The van der Waals surface area contributed by atoms with Crippen LogP contribution in [0.15, 0.2) is 35.6 Å². The molecule has 178 valence electrons. The highest BCUT2D eigenvalue weighted by Gasteiger charge is 2.14. The van der Waals surface area contributed by atoms with Gasteiger partial charge < -0.3 is 24.8 Å². The van der Waals surface area contributed by atoms with Crippen molar-refractivity contribution in [3.63, 3.8) is 0 Å². The molecule has 0 aliphatic heterocycles. The second-order valence-electron chi connectivity index (χ2n) is 7.36. The van der Waals surface area contributed by atoms with Crippen LogP contribution in [0.1, 0.15) is 13.8 Å². The predicted octanol–water partition coefficient (Wildman–Crippen LogP) is 2.59. The maximum atomic E-state index is 12.2. The molecule has 0 aliphatic carbocycles. The van der Waals surface area contributed by atoms with Gasteiger partial charge in [-0.15, -0.1) is 0 Å². The van der Waals surface area contributed by atoms with Crippen LogP contribution in [-0.4, -0.2) is 71.4 Å². The van der Waals surface area contributed by atoms with Gasteiger partial charge in [0.1, 0.15) is 17.3 Å². The average Bonchev–Trinajstić information content (AvgIpc) is 3.20. The zero-order chi connectivity index (χ0) is 23.6. The molecule has 3 aromatic rings. The highest BCUT2D eigenvalue weighted by molar-refractivity contribution is 7.99. The zero-order valence-corrected chi connectivity index (χ0v) is 20.1. The lowest BCUT2D eigenvalue weighted by Gasteiger charge is -2.11. The number of nitrogens with zero attached hydrogens (tertiary/aromatic N) is 4. The molecular weight excluding hydrogens is 444 g/mol. The van der Waals surface area contributed by atoms with Crippen molar-refractivity contribution in [2.24, 2.45) is 0 Å². The average molecular weight is 475 g/mol. The van der Waals surface area contributed by atoms with E-state index in [1.807, 2.05) is 6.07 Å². The van der Waals surface area contributed by atoms with Crippen molar-refractivity contribution < 1.29 is 19.0 Å². The topological polar surface area (TPSA) is 112 Å². The first-order valence-corrected chi connectivity index (χ1v) is 11.5. The molecule has 0 bridgehead atoms. The number of hydrogen-bond acceptors (Lipinski definition) is 9. The lowest BCUT2D eigenvalue weighted by Crippen LogP contribution is -2.31. The fourth-order valence-electron chi connectivity index (χ4n) is 2.96. The summed E-state index contributed by atoms with van der Waals surface area (Å²) in [4.78, 5) is 21.5. The first kappa shape index (κ1) is 24.6. The number of carbonyl (C=O) groups excluding carboxylic acids is 1. The third-order valence-electron chi connectivity index (χ3n) is 4.47. The van der Waals surface area contributed by atoms with Gasteiger partial charge in [0, 0.05) is 31.5 Å². The van der Waals surface area contributed by atoms with Crippen molar-refractivity contribution in [2.75, 3.05) is 45.8 Å². The van der Waals surface area contributed by atoms with Crippen LogP contribution in [0.5, 0.6) is 11.5 Å². The van der Waals surface area contributed by atoms with Gasteiger partial charge in [0.25, 0.3) is 5.91 Å². The van der Waals surface area contributed by atoms with Crippen molar-refractivity contribution in [1.29, 1.82) is 0 Å². The fraction of sp³-hybridized carbons (Fsp3) is 0.455. The number of amides is 1. The van der Waals surface area contributed by atoms with Gasteiger partial charge in [-0.3, -0.25) is 4.79 Å². The van der Waals surface area contributed by atoms with Gasteiger partial charge in [-0.05, 0) is 12.1 Å². The van der Waals surface area contributed by atoms with E-state index in [0.717, 1.165) is 16.9 Å². The Hall–Kier alpha value is -3.05. The molecule has 3 rings (SSSR count). The van der Waals surface area contributed by atoms with Crippen LogP contribution in [0, 0.1) is 0 Å². The van der Waals surface area contributed by atoms with E-state index in [1.54, 1.807) is 55.1 Å². The van der Waals surface area contributed by atoms with E-state index in [-0.39, 0.29) is 12.5 Å². The predicted molar refractivity (Wildman–Crippen MR) is 128 cm³/mol. The largest absolute Gasteiger partial charge is 0.497 e. The van der Waals surface area contributed by atoms with Gasteiger partial charge in [0.15, 0.2) is 17.4 Å². The number of thioether (sulfide) groups is 1. The van der Waals surface area contributed by atoms with Crippen molar-refractivity contribution in [3.05, 3.63) is 30.5 Å². The fourth-order valence-corrected chi connectivity index (χ4v) is 3.67. The highest BCUT2D eigenvalue weighted by atomic mass is 32.2. The molecule has 0 saturated heterocycles. The summed E-state index contributed by atoms with van der Waals surface area (Å²) in [6.07, 6.45) is 1.74. The Morgan fingerprint density at radius 1 is 1.18 bits per heavy atom. The van der Waals surface area contributed by atoms with Crippen molar-refractivity contribution in [1.82, 2.24) is 25.1 Å². The standard InChI is InChI=1S/C22H30N6O4S/c1-15(2)33-22-26-20(24-9-11-30-3)18-13-25-28(21(18)27-22)10-8-23-19(29)14-32-17-7-5-6-16(12-17)31-4/h5-7,12-13,15H,8-11,14H2,1-4H3,(H,23,29)(H,24,26,27). The number of carbonyl (C=O) groups is 1. The minimum Gasteiger partial charge on any atom is -0.497 e. The molecule has 33 heavy (non-hydrogen) atoms. The Morgan fingerprint density at radius 2 is 2.00 bits per heavy atom. The maximum Gasteiger partial charge on any atom is 0.258 e. The molecule has 0 saturated carbocycles. The van der Waals surface area contributed by atoms with Crippen molar-refractivity contribution in [2.45, 2.75) is 30.8 Å². The summed E-state index contributed by atoms with van der Waals surface area (Å²) in [5, 5.41) is 12.4. The number of anilines is 1. The minimum absolute atomic E-state index is 0.0854. The summed E-state index contributed by atoms with van der Waals surface area (Å²) in [5.41, 5.74) is 0.718. The molecule has 0 spiro atoms. The molecule has 0 radical (unpaired) electrons. The van der Waals surface area contributed by atoms with Gasteiger partial charge in [0.05, 0.1) is 31.8 Å². The molecule has 10 nitrogen and oxygen atoms in total. The third kappa shape index (κ3) is 7.22. The normalized spacial score (nSPS) is 11.1. The van der Waals surface area contributed by atoms with E-state index in [4.69, 9.17) is 14.2 Å². The summed E-state index contributed by atoms with van der Waals surface area (Å²) < 4.78 is 17.6. The van der Waals surface area contributed by atoms with Gasteiger partial charge in [-0.25, -0.2) is 14.6 Å². The van der Waals surface area contributed by atoms with Crippen LogP contribution in [0.3, 0.4) is 0 Å². The number of benzene rings is 1. The van der Waals surface area contributed by atoms with Crippen LogP contribution in [-0.2, 0) is 16.1 Å². The summed E-state index contributed by atoms with van der Waals surface area (Å²) in [6, 6.07) is 7.12. The number of rotatable bonds is 13. The molecule has 0 unspecified atom stereocenters. The van der Waals surface area contributed by atoms with Gasteiger partial charge in [0.2, 0.25) is 0 Å². The van der Waals surface area contributed by atoms with E-state index in [1.165, 1.54) is 0 Å². The maximum absolute atomic E-state index is 12.2. The number of aromatic nitrogens is 4. The van der Waals surface area contributed by atoms with E-state index in [2.05, 4.69) is 39.5 Å². The number of methoxy groups -OCH3 is 2. The van der Waals surface area contributed by atoms with Crippen LogP contribution in [0.2, 0.25) is 0 Å². The Bertz CT molecular complexity index is 1060. The van der Waals surface area contributed by atoms with Crippen molar-refractivity contribution >= 4 is 34.5 Å². The zero-order valence-electron chi connectivity index (χ0n) is 19.3. The van der Waals surface area contributed by atoms with E-state index in [9.17, 15) is 4.79 Å². The van der Waals surface area contributed by atoms with E-state index < -0.39 is 0 Å². The molecular formula is C22H30N6O4S. The molecule has 2 N–H and O–H groups in total. The van der Waals surface area contributed by atoms with E-state index in [0.29, 0.717) is 48.1 Å². The summed E-state index contributed by atoms with van der Waals surface area (Å²) in [6.45, 7) is 6.15. The smallest absolute Gasteiger partial charge is 0.258 e. The lowest BCUT2D eigenvalue weighted by atomic mass is 10.3. The molecule has 1 aromatic carbocycles. The Morgan fingerprint density at radius 3 is 2.76 bits per heavy atom. The number of hydrogen-bond donors (Lipinski definition) is 2. The van der Waals surface area contributed by atoms with Gasteiger partial charge in [-0.2, -0.15) is 5.10 Å². The van der Waals surface area contributed by atoms with Crippen LogP contribution in [0.25, 0.3) is 11.0 Å². The highest BCUT2D eigenvalue weighted by Crippen LogP contribution is 2.26. The third-order valence-corrected chi connectivity index (χ3v) is 5.34. The van der Waals surface area contributed by atoms with Crippen LogP contribution in [0.4, 0.5) is 5.82 Å². The van der Waals surface area contributed by atoms with Crippen molar-refractivity contribution in [3.8, 4) is 11.5 Å². The molecule has 0 aliphatic rings. The SMILES string of the molecule is COCCNc1nc(SC(C)C)nc2c1cnn2CCNC(=O)COc1cccc(OC)c1. The summed E-state index contributed by atoms with van der Waals surface area (Å²) >= 11 is 1.58. The second-order valence-corrected chi connectivity index (χ2v) is 8.91.